The van der Waals surface area contributed by atoms with E-state index in [2.05, 4.69) is 5.32 Å². The topological polar surface area (TPSA) is 83.6 Å². The van der Waals surface area contributed by atoms with E-state index >= 15 is 0 Å². The molecule has 0 saturated carbocycles. The number of carbonyl (C=O) groups is 2. The fraction of sp³-hybridized carbons (Fsp3) is 0.429. The lowest BCUT2D eigenvalue weighted by atomic mass is 10.2. The molecule has 2 rings (SSSR count). The van der Waals surface area contributed by atoms with Gasteiger partial charge in [-0.05, 0) is 30.7 Å². The van der Waals surface area contributed by atoms with Gasteiger partial charge in [-0.3, -0.25) is 9.59 Å². The van der Waals surface area contributed by atoms with Crippen molar-refractivity contribution in [3.8, 4) is 0 Å². The Morgan fingerprint density at radius 1 is 1.29 bits per heavy atom. The third-order valence-corrected chi connectivity index (χ3v) is 4.95. The molecule has 1 N–H and O–H groups in total. The van der Waals surface area contributed by atoms with Crippen LogP contribution < -0.4 is 9.62 Å². The van der Waals surface area contributed by atoms with Crippen molar-refractivity contribution >= 4 is 27.5 Å². The average molecular weight is 310 g/mol. The first-order chi connectivity index (χ1) is 9.95. The van der Waals surface area contributed by atoms with Crippen LogP contribution in [0.4, 0.5) is 5.69 Å². The van der Waals surface area contributed by atoms with Crippen LogP contribution in [0.3, 0.4) is 0 Å². The van der Waals surface area contributed by atoms with Gasteiger partial charge < -0.3 is 5.32 Å². The molecule has 0 spiro atoms. The van der Waals surface area contributed by atoms with Gasteiger partial charge in [-0.25, -0.2) is 12.7 Å². The van der Waals surface area contributed by atoms with Crippen molar-refractivity contribution in [3.05, 3.63) is 29.8 Å². The van der Waals surface area contributed by atoms with Crippen molar-refractivity contribution < 1.29 is 18.0 Å². The number of amides is 2. The maximum Gasteiger partial charge on any atom is 0.251 e. The summed E-state index contributed by atoms with van der Waals surface area (Å²) >= 11 is 0. The van der Waals surface area contributed by atoms with Gasteiger partial charge in [0.1, 0.15) is 0 Å². The van der Waals surface area contributed by atoms with Crippen LogP contribution in [0.2, 0.25) is 0 Å². The van der Waals surface area contributed by atoms with Gasteiger partial charge in [-0.2, -0.15) is 0 Å². The second-order valence-corrected chi connectivity index (χ2v) is 6.82. The number of rotatable bonds is 5. The molecule has 1 saturated heterocycles. The van der Waals surface area contributed by atoms with Crippen molar-refractivity contribution in [1.29, 1.82) is 0 Å². The number of hydrogen-bond donors (Lipinski definition) is 1. The van der Waals surface area contributed by atoms with Gasteiger partial charge in [-0.1, -0.05) is 13.3 Å². The number of sulfonamides is 1. The Morgan fingerprint density at radius 3 is 2.48 bits per heavy atom. The van der Waals surface area contributed by atoms with Gasteiger partial charge in [0.05, 0.1) is 11.4 Å². The average Bonchev–Trinajstić information content (AvgIpc) is 2.73. The molecule has 2 amide bonds. The molecule has 1 aliphatic rings. The summed E-state index contributed by atoms with van der Waals surface area (Å²) < 4.78 is 24.4. The predicted octanol–water partition coefficient (Wildman–Crippen LogP) is 1.28. The Labute approximate surface area is 124 Å². The number of anilines is 1. The molecule has 0 aromatic heterocycles. The van der Waals surface area contributed by atoms with Gasteiger partial charge >= 0.3 is 0 Å². The minimum atomic E-state index is -3.56. The van der Waals surface area contributed by atoms with Crippen LogP contribution >= 0.6 is 0 Å². The van der Waals surface area contributed by atoms with E-state index in [0.29, 0.717) is 12.1 Å². The van der Waals surface area contributed by atoms with Crippen molar-refractivity contribution in [3.63, 3.8) is 0 Å². The fourth-order valence-electron chi connectivity index (χ4n) is 2.10. The molecule has 1 aromatic carbocycles. The Kier molecular flexibility index (Phi) is 4.62. The number of benzene rings is 1. The summed E-state index contributed by atoms with van der Waals surface area (Å²) in [6, 6.07) is 6.01. The molecule has 0 atom stereocenters. The standard InChI is InChI=1S/C14H18N2O4S/c1-2-3-9-15-14(18)11-4-6-12(7-5-11)16-13(17)8-10-21(16,19)20/h4-7H,2-3,8-10H2,1H3,(H,15,18). The van der Waals surface area contributed by atoms with Crippen LogP contribution in [-0.4, -0.2) is 32.5 Å². The Bertz CT molecular complexity index is 637. The molecule has 21 heavy (non-hydrogen) atoms. The second kappa shape index (κ2) is 6.26. The number of nitrogens with one attached hydrogen (secondary N) is 1. The lowest BCUT2D eigenvalue weighted by Gasteiger charge is -2.15. The molecular weight excluding hydrogens is 292 g/mol. The number of carbonyl (C=O) groups excluding carboxylic acids is 2. The second-order valence-electron chi connectivity index (χ2n) is 4.88. The molecule has 0 bridgehead atoms. The predicted molar refractivity (Wildman–Crippen MR) is 79.6 cm³/mol. The minimum absolute atomic E-state index is 0.00158. The molecule has 1 fully saturated rings. The van der Waals surface area contributed by atoms with Crippen LogP contribution in [0.25, 0.3) is 0 Å². The van der Waals surface area contributed by atoms with Gasteiger partial charge in [0.2, 0.25) is 15.9 Å². The van der Waals surface area contributed by atoms with E-state index in [1.807, 2.05) is 6.92 Å². The molecule has 0 radical (unpaired) electrons. The molecule has 1 aliphatic heterocycles. The highest BCUT2D eigenvalue weighted by Gasteiger charge is 2.36. The maximum atomic E-state index is 11.8. The van der Waals surface area contributed by atoms with E-state index in [9.17, 15) is 18.0 Å². The van der Waals surface area contributed by atoms with E-state index in [-0.39, 0.29) is 23.8 Å². The Balaban J connectivity index is 2.12. The van der Waals surface area contributed by atoms with E-state index in [1.165, 1.54) is 24.3 Å². The van der Waals surface area contributed by atoms with Crippen LogP contribution in [0.5, 0.6) is 0 Å². The SMILES string of the molecule is CCCCNC(=O)c1ccc(N2C(=O)CCS2(=O)=O)cc1. The summed E-state index contributed by atoms with van der Waals surface area (Å²) in [4.78, 5) is 23.5. The molecule has 7 heteroatoms. The lowest BCUT2D eigenvalue weighted by Crippen LogP contribution is -2.29. The van der Waals surface area contributed by atoms with Gasteiger partial charge in [0.25, 0.3) is 5.91 Å². The molecule has 0 aliphatic carbocycles. The van der Waals surface area contributed by atoms with Crippen LogP contribution in [0, 0.1) is 0 Å². The molecular formula is C14H18N2O4S. The number of hydrogen-bond acceptors (Lipinski definition) is 4. The van der Waals surface area contributed by atoms with E-state index < -0.39 is 15.9 Å². The van der Waals surface area contributed by atoms with Gasteiger partial charge in [0.15, 0.2) is 0 Å². The fourth-order valence-corrected chi connectivity index (χ4v) is 3.56. The summed E-state index contributed by atoms with van der Waals surface area (Å²) in [5, 5.41) is 2.78. The van der Waals surface area contributed by atoms with Crippen molar-refractivity contribution in [2.75, 3.05) is 16.6 Å². The van der Waals surface area contributed by atoms with E-state index in [1.54, 1.807) is 0 Å². The first-order valence-electron chi connectivity index (χ1n) is 6.90. The zero-order valence-electron chi connectivity index (χ0n) is 11.8. The highest BCUT2D eigenvalue weighted by molar-refractivity contribution is 7.94. The van der Waals surface area contributed by atoms with Crippen molar-refractivity contribution in [2.45, 2.75) is 26.2 Å². The third-order valence-electron chi connectivity index (χ3n) is 3.26. The smallest absolute Gasteiger partial charge is 0.251 e. The summed E-state index contributed by atoms with van der Waals surface area (Å²) in [6.07, 6.45) is 1.90. The third kappa shape index (κ3) is 3.41. The zero-order chi connectivity index (χ0) is 15.5. The summed E-state index contributed by atoms with van der Waals surface area (Å²) in [7, 11) is -3.56. The zero-order valence-corrected chi connectivity index (χ0v) is 12.6. The highest BCUT2D eigenvalue weighted by atomic mass is 32.2. The van der Waals surface area contributed by atoms with Gasteiger partial charge in [-0.15, -0.1) is 0 Å². The number of unbranched alkanes of at least 4 members (excludes halogenated alkanes) is 1. The van der Waals surface area contributed by atoms with Gasteiger partial charge in [0, 0.05) is 18.5 Å². The quantitative estimate of drug-likeness (QED) is 0.831. The summed E-state index contributed by atoms with van der Waals surface area (Å²) in [6.45, 7) is 2.64. The Morgan fingerprint density at radius 2 is 1.95 bits per heavy atom. The molecule has 1 aromatic rings. The summed E-state index contributed by atoms with van der Waals surface area (Å²) in [5.41, 5.74) is 0.724. The minimum Gasteiger partial charge on any atom is -0.352 e. The molecule has 114 valence electrons. The van der Waals surface area contributed by atoms with Crippen molar-refractivity contribution in [1.82, 2.24) is 5.32 Å². The summed E-state index contributed by atoms with van der Waals surface area (Å²) in [5.74, 6) is -0.800. The van der Waals surface area contributed by atoms with Crippen LogP contribution in [-0.2, 0) is 14.8 Å². The maximum absolute atomic E-state index is 11.8. The largest absolute Gasteiger partial charge is 0.352 e. The normalized spacial score (nSPS) is 17.0. The van der Waals surface area contributed by atoms with E-state index in [0.717, 1.165) is 17.1 Å². The number of nitrogens with zero attached hydrogens (tertiary/aromatic N) is 1. The molecule has 0 unspecified atom stereocenters. The Hall–Kier alpha value is -1.89. The van der Waals surface area contributed by atoms with Crippen LogP contribution in [0.1, 0.15) is 36.5 Å². The monoisotopic (exact) mass is 310 g/mol. The molecule has 1 heterocycles. The van der Waals surface area contributed by atoms with E-state index in [4.69, 9.17) is 0 Å². The highest BCUT2D eigenvalue weighted by Crippen LogP contribution is 2.25. The molecule has 6 nitrogen and oxygen atoms in total. The van der Waals surface area contributed by atoms with Crippen LogP contribution in [0.15, 0.2) is 24.3 Å². The first-order valence-corrected chi connectivity index (χ1v) is 8.50. The first kappa shape index (κ1) is 15.5. The van der Waals surface area contributed by atoms with Crippen molar-refractivity contribution in [2.24, 2.45) is 0 Å². The lowest BCUT2D eigenvalue weighted by molar-refractivity contribution is -0.116.